The maximum absolute atomic E-state index is 13.4. The first-order chi connectivity index (χ1) is 7.80. The van der Waals surface area contributed by atoms with Crippen LogP contribution >= 0.6 is 0 Å². The summed E-state index contributed by atoms with van der Waals surface area (Å²) in [5, 5.41) is 0. The average Bonchev–Trinajstić information content (AvgIpc) is 3.02. The lowest BCUT2D eigenvalue weighted by Crippen LogP contribution is -2.17. The Morgan fingerprint density at radius 3 is 2.12 bits per heavy atom. The highest BCUT2D eigenvalue weighted by Gasteiger charge is 2.32. The van der Waals surface area contributed by atoms with Crippen LogP contribution in [0.4, 0.5) is 8.78 Å². The molecular weight excluding hydrogens is 218 g/mol. The first-order valence-corrected chi connectivity index (χ1v) is 6.29. The predicted octanol–water partition coefficient (Wildman–Crippen LogP) is 4.99. The number of rotatable bonds is 2. The second kappa shape index (κ2) is 4.08. The van der Waals surface area contributed by atoms with Crippen LogP contribution in [0.5, 0.6) is 0 Å². The Labute approximate surface area is 102 Å². The van der Waals surface area contributed by atoms with Gasteiger partial charge in [-0.05, 0) is 53.4 Å². The molecule has 1 aromatic rings. The smallest absolute Gasteiger partial charge is 0.159 e. The summed E-state index contributed by atoms with van der Waals surface area (Å²) in [7, 11) is 0. The molecule has 17 heavy (non-hydrogen) atoms. The van der Waals surface area contributed by atoms with E-state index in [1.165, 1.54) is 12.1 Å². The Morgan fingerprint density at radius 2 is 1.65 bits per heavy atom. The number of hydrogen-bond donors (Lipinski definition) is 0. The molecule has 0 aliphatic heterocycles. The maximum Gasteiger partial charge on any atom is 0.159 e. The molecule has 0 bridgehead atoms. The molecule has 0 aromatic heterocycles. The summed E-state index contributed by atoms with van der Waals surface area (Å²) in [6.45, 7) is 8.50. The highest BCUT2D eigenvalue weighted by molar-refractivity contribution is 5.37. The molecule has 1 aliphatic rings. The second-order valence-electron chi connectivity index (χ2n) is 6.26. The van der Waals surface area contributed by atoms with Crippen molar-refractivity contribution in [3.63, 3.8) is 0 Å². The van der Waals surface area contributed by atoms with E-state index in [2.05, 4.69) is 27.7 Å². The van der Waals surface area contributed by atoms with Gasteiger partial charge in [-0.3, -0.25) is 0 Å². The van der Waals surface area contributed by atoms with Gasteiger partial charge in [-0.1, -0.05) is 27.7 Å². The summed E-state index contributed by atoms with van der Waals surface area (Å²) in [5.74, 6) is -0.754. The van der Waals surface area contributed by atoms with Crippen molar-refractivity contribution in [3.05, 3.63) is 34.9 Å². The van der Waals surface area contributed by atoms with Crippen LogP contribution in [0.15, 0.2) is 12.1 Å². The quantitative estimate of drug-likeness (QED) is 0.680. The van der Waals surface area contributed by atoms with E-state index in [-0.39, 0.29) is 11.3 Å². The van der Waals surface area contributed by atoms with Crippen molar-refractivity contribution >= 4 is 0 Å². The largest absolute Gasteiger partial charge is 0.204 e. The first kappa shape index (κ1) is 12.5. The molecule has 1 aromatic carbocycles. The lowest BCUT2D eigenvalue weighted by Gasteiger charge is -2.29. The van der Waals surface area contributed by atoms with Gasteiger partial charge in [0.2, 0.25) is 0 Å². The predicted molar refractivity (Wildman–Crippen MR) is 66.2 cm³/mol. The fraction of sp³-hybridized carbons (Fsp3) is 0.600. The van der Waals surface area contributed by atoms with Gasteiger partial charge in [0.25, 0.3) is 0 Å². The van der Waals surface area contributed by atoms with Crippen LogP contribution in [0, 0.1) is 17.0 Å². The van der Waals surface area contributed by atoms with Crippen molar-refractivity contribution in [1.29, 1.82) is 0 Å². The van der Waals surface area contributed by atoms with Gasteiger partial charge < -0.3 is 0 Å². The van der Waals surface area contributed by atoms with Crippen molar-refractivity contribution in [1.82, 2.24) is 0 Å². The summed E-state index contributed by atoms with van der Waals surface area (Å²) in [6.07, 6.45) is 2.21. The van der Waals surface area contributed by atoms with E-state index >= 15 is 0 Å². The standard InChI is InChI=1S/C15H20F2/c1-9(15(2,3)4)11-7-13(16)14(17)8-12(11)10-5-6-10/h7-10H,5-6H2,1-4H3/t9-/m1/s1. The summed E-state index contributed by atoms with van der Waals surface area (Å²) in [4.78, 5) is 0. The number of halogens is 2. The molecule has 0 spiro atoms. The Balaban J connectivity index is 2.47. The van der Waals surface area contributed by atoms with Gasteiger partial charge in [0.15, 0.2) is 11.6 Å². The minimum Gasteiger partial charge on any atom is -0.204 e. The van der Waals surface area contributed by atoms with Gasteiger partial charge in [-0.15, -0.1) is 0 Å². The van der Waals surface area contributed by atoms with Crippen LogP contribution in [0.25, 0.3) is 0 Å². The molecule has 2 heteroatoms. The van der Waals surface area contributed by atoms with E-state index in [0.29, 0.717) is 5.92 Å². The van der Waals surface area contributed by atoms with E-state index in [1.54, 1.807) is 0 Å². The molecule has 0 N–H and O–H groups in total. The highest BCUT2D eigenvalue weighted by atomic mass is 19.2. The minimum absolute atomic E-state index is 0.0634. The molecule has 1 aliphatic carbocycles. The fourth-order valence-electron chi connectivity index (χ4n) is 2.17. The van der Waals surface area contributed by atoms with Gasteiger partial charge >= 0.3 is 0 Å². The molecule has 0 heterocycles. The molecule has 0 amide bonds. The van der Waals surface area contributed by atoms with Crippen molar-refractivity contribution < 1.29 is 8.78 Å². The van der Waals surface area contributed by atoms with E-state index in [1.807, 2.05) is 0 Å². The summed E-state index contributed by atoms with van der Waals surface area (Å²) < 4.78 is 26.7. The molecule has 0 radical (unpaired) electrons. The van der Waals surface area contributed by atoms with Crippen LogP contribution in [0.1, 0.15) is 63.5 Å². The number of hydrogen-bond acceptors (Lipinski definition) is 0. The molecule has 0 nitrogen and oxygen atoms in total. The van der Waals surface area contributed by atoms with Gasteiger partial charge in [-0.2, -0.15) is 0 Å². The minimum atomic E-state index is -0.722. The molecule has 1 saturated carbocycles. The van der Waals surface area contributed by atoms with Crippen LogP contribution in [-0.4, -0.2) is 0 Å². The normalized spacial score (nSPS) is 18.2. The maximum atomic E-state index is 13.4. The zero-order valence-electron chi connectivity index (χ0n) is 11.0. The lowest BCUT2D eigenvalue weighted by molar-refractivity contribution is 0.336. The molecule has 0 unspecified atom stereocenters. The molecule has 2 rings (SSSR count). The van der Waals surface area contributed by atoms with Crippen LogP contribution in [0.3, 0.4) is 0 Å². The Hall–Kier alpha value is -0.920. The molecule has 0 saturated heterocycles. The first-order valence-electron chi connectivity index (χ1n) is 6.29. The zero-order chi connectivity index (χ0) is 12.8. The van der Waals surface area contributed by atoms with Gasteiger partial charge in [0, 0.05) is 0 Å². The second-order valence-corrected chi connectivity index (χ2v) is 6.26. The summed E-state index contributed by atoms with van der Waals surface area (Å²) in [6, 6.07) is 2.81. The van der Waals surface area contributed by atoms with Crippen LogP contribution in [-0.2, 0) is 0 Å². The third-order valence-electron chi connectivity index (χ3n) is 3.91. The van der Waals surface area contributed by atoms with E-state index in [9.17, 15) is 8.78 Å². The van der Waals surface area contributed by atoms with Crippen LogP contribution in [0.2, 0.25) is 0 Å². The molecule has 94 valence electrons. The number of benzene rings is 1. The SMILES string of the molecule is C[C@H](c1cc(F)c(F)cc1C1CC1)C(C)(C)C. The van der Waals surface area contributed by atoms with Gasteiger partial charge in [-0.25, -0.2) is 8.78 Å². The third kappa shape index (κ3) is 2.51. The van der Waals surface area contributed by atoms with Crippen molar-refractivity contribution in [2.45, 2.75) is 52.4 Å². The van der Waals surface area contributed by atoms with Crippen molar-refractivity contribution in [3.8, 4) is 0 Å². The topological polar surface area (TPSA) is 0 Å². The van der Waals surface area contributed by atoms with Crippen molar-refractivity contribution in [2.75, 3.05) is 0 Å². The van der Waals surface area contributed by atoms with E-state index in [0.717, 1.165) is 24.0 Å². The summed E-state index contributed by atoms with van der Waals surface area (Å²) in [5.41, 5.74) is 2.07. The van der Waals surface area contributed by atoms with Gasteiger partial charge in [0.05, 0.1) is 0 Å². The lowest BCUT2D eigenvalue weighted by atomic mass is 9.76. The van der Waals surface area contributed by atoms with Crippen molar-refractivity contribution in [2.24, 2.45) is 5.41 Å². The molecule has 1 fully saturated rings. The monoisotopic (exact) mass is 238 g/mol. The van der Waals surface area contributed by atoms with Gasteiger partial charge in [0.1, 0.15) is 0 Å². The fourth-order valence-corrected chi connectivity index (χ4v) is 2.17. The highest BCUT2D eigenvalue weighted by Crippen LogP contribution is 2.46. The molecule has 1 atom stereocenters. The third-order valence-corrected chi connectivity index (χ3v) is 3.91. The average molecular weight is 238 g/mol. The zero-order valence-corrected chi connectivity index (χ0v) is 11.0. The van der Waals surface area contributed by atoms with E-state index < -0.39 is 11.6 Å². The summed E-state index contributed by atoms with van der Waals surface area (Å²) >= 11 is 0. The molecular formula is C15H20F2. The Kier molecular flexibility index (Phi) is 3.01. The Bertz CT molecular complexity index is 425. The van der Waals surface area contributed by atoms with E-state index in [4.69, 9.17) is 0 Å². The van der Waals surface area contributed by atoms with Crippen LogP contribution < -0.4 is 0 Å². The Morgan fingerprint density at radius 1 is 1.12 bits per heavy atom.